The quantitative estimate of drug-likeness (QED) is 0.743. The molecule has 0 heterocycles. The predicted octanol–water partition coefficient (Wildman–Crippen LogP) is 4.34. The third-order valence-electron chi connectivity index (χ3n) is 4.10. The van der Waals surface area contributed by atoms with Crippen LogP contribution in [-0.4, -0.2) is 21.3 Å². The lowest BCUT2D eigenvalue weighted by Gasteiger charge is -2.20. The maximum atomic E-state index is 5.51. The monoisotopic (exact) mass is 329 g/mol. The maximum Gasteiger partial charge on any atom is 0.164 e. The number of hydrogen-bond acceptors (Lipinski definition) is 4. The van der Waals surface area contributed by atoms with Crippen molar-refractivity contribution >= 4 is 0 Å². The molecule has 2 aromatic carbocycles. The molecule has 2 aromatic rings. The van der Waals surface area contributed by atoms with E-state index in [2.05, 4.69) is 36.5 Å². The van der Waals surface area contributed by atoms with Gasteiger partial charge in [0.05, 0.1) is 21.3 Å². The van der Waals surface area contributed by atoms with E-state index in [1.807, 2.05) is 18.2 Å². The van der Waals surface area contributed by atoms with Crippen molar-refractivity contribution in [3.63, 3.8) is 0 Å². The summed E-state index contributed by atoms with van der Waals surface area (Å²) in [4.78, 5) is 0. The molecule has 0 bridgehead atoms. The van der Waals surface area contributed by atoms with Crippen molar-refractivity contribution in [1.82, 2.24) is 5.32 Å². The molecule has 1 unspecified atom stereocenters. The first-order valence-corrected chi connectivity index (χ1v) is 8.30. The molecule has 0 amide bonds. The van der Waals surface area contributed by atoms with Crippen LogP contribution in [0.5, 0.6) is 17.2 Å². The van der Waals surface area contributed by atoms with Crippen LogP contribution < -0.4 is 19.5 Å². The van der Waals surface area contributed by atoms with Crippen LogP contribution in [0.15, 0.2) is 42.5 Å². The van der Waals surface area contributed by atoms with Crippen molar-refractivity contribution in [2.75, 3.05) is 21.3 Å². The fourth-order valence-corrected chi connectivity index (χ4v) is 2.82. The summed E-state index contributed by atoms with van der Waals surface area (Å²) in [5.41, 5.74) is 2.35. The van der Waals surface area contributed by atoms with Crippen molar-refractivity contribution in [3.8, 4) is 17.2 Å². The number of ether oxygens (including phenoxy) is 3. The zero-order valence-corrected chi connectivity index (χ0v) is 15.0. The first kappa shape index (κ1) is 18.1. The molecular weight excluding hydrogens is 302 g/mol. The first-order valence-electron chi connectivity index (χ1n) is 8.30. The van der Waals surface area contributed by atoms with E-state index in [9.17, 15) is 0 Å². The lowest BCUT2D eigenvalue weighted by Crippen LogP contribution is -2.21. The summed E-state index contributed by atoms with van der Waals surface area (Å²) in [5.74, 6) is 2.18. The van der Waals surface area contributed by atoms with Gasteiger partial charge in [-0.3, -0.25) is 0 Å². The van der Waals surface area contributed by atoms with Crippen molar-refractivity contribution in [3.05, 3.63) is 53.6 Å². The second-order valence-electron chi connectivity index (χ2n) is 5.65. The summed E-state index contributed by atoms with van der Waals surface area (Å²) in [6.45, 7) is 2.90. The Labute approximate surface area is 144 Å². The Morgan fingerprint density at radius 2 is 1.50 bits per heavy atom. The molecule has 0 aliphatic heterocycles. The Kier molecular flexibility index (Phi) is 6.94. The molecule has 2 rings (SSSR count). The molecular formula is C20H27NO3. The molecule has 0 saturated heterocycles. The van der Waals surface area contributed by atoms with Crippen LogP contribution in [0, 0.1) is 0 Å². The van der Waals surface area contributed by atoms with Gasteiger partial charge in [-0.25, -0.2) is 0 Å². The largest absolute Gasteiger partial charge is 0.496 e. The Morgan fingerprint density at radius 3 is 2.08 bits per heavy atom. The van der Waals surface area contributed by atoms with Crippen LogP contribution in [0.25, 0.3) is 0 Å². The van der Waals surface area contributed by atoms with Gasteiger partial charge in [0.2, 0.25) is 0 Å². The van der Waals surface area contributed by atoms with Crippen LogP contribution in [0.4, 0.5) is 0 Å². The van der Waals surface area contributed by atoms with E-state index < -0.39 is 0 Å². The molecule has 0 fully saturated rings. The van der Waals surface area contributed by atoms with Crippen LogP contribution >= 0.6 is 0 Å². The highest BCUT2D eigenvalue weighted by Gasteiger charge is 2.14. The van der Waals surface area contributed by atoms with Gasteiger partial charge in [-0.2, -0.15) is 0 Å². The summed E-state index contributed by atoms with van der Waals surface area (Å²) in [7, 11) is 4.94. The molecule has 0 spiro atoms. The maximum absolute atomic E-state index is 5.51. The minimum absolute atomic E-state index is 0.314. The first-order chi connectivity index (χ1) is 11.7. The Morgan fingerprint density at radius 1 is 0.875 bits per heavy atom. The normalized spacial score (nSPS) is 11.8. The van der Waals surface area contributed by atoms with E-state index in [0.717, 1.165) is 24.2 Å². The molecule has 4 nitrogen and oxygen atoms in total. The Hall–Kier alpha value is -2.20. The molecule has 130 valence electrons. The molecule has 1 atom stereocenters. The molecule has 0 radical (unpaired) electrons. The Bertz CT molecular complexity index is 628. The summed E-state index contributed by atoms with van der Waals surface area (Å²) >= 11 is 0. The van der Waals surface area contributed by atoms with Crippen molar-refractivity contribution in [2.24, 2.45) is 0 Å². The zero-order valence-electron chi connectivity index (χ0n) is 15.0. The predicted molar refractivity (Wildman–Crippen MR) is 97.0 cm³/mol. The molecule has 0 aliphatic carbocycles. The minimum Gasteiger partial charge on any atom is -0.496 e. The second kappa shape index (κ2) is 9.18. The van der Waals surface area contributed by atoms with E-state index in [1.54, 1.807) is 21.3 Å². The average Bonchev–Trinajstić information content (AvgIpc) is 2.65. The molecule has 24 heavy (non-hydrogen) atoms. The van der Waals surface area contributed by atoms with Crippen molar-refractivity contribution in [2.45, 2.75) is 32.4 Å². The summed E-state index contributed by atoms with van der Waals surface area (Å²) in [5, 5.41) is 3.64. The summed E-state index contributed by atoms with van der Waals surface area (Å²) in [6, 6.07) is 14.7. The van der Waals surface area contributed by atoms with Gasteiger partial charge in [-0.1, -0.05) is 43.7 Å². The van der Waals surface area contributed by atoms with Crippen LogP contribution in [0.3, 0.4) is 0 Å². The number of benzene rings is 2. The highest BCUT2D eigenvalue weighted by molar-refractivity contribution is 5.50. The lowest BCUT2D eigenvalue weighted by atomic mass is 10.0. The van der Waals surface area contributed by atoms with Gasteiger partial charge in [0.15, 0.2) is 11.5 Å². The van der Waals surface area contributed by atoms with Gasteiger partial charge in [-0.05, 0) is 18.1 Å². The fraction of sp³-hybridized carbons (Fsp3) is 0.400. The van der Waals surface area contributed by atoms with Crippen LogP contribution in [-0.2, 0) is 6.54 Å². The summed E-state index contributed by atoms with van der Waals surface area (Å²) < 4.78 is 16.3. The third-order valence-corrected chi connectivity index (χ3v) is 4.10. The second-order valence-corrected chi connectivity index (χ2v) is 5.65. The smallest absolute Gasteiger partial charge is 0.164 e. The van der Waals surface area contributed by atoms with E-state index in [0.29, 0.717) is 24.1 Å². The van der Waals surface area contributed by atoms with Gasteiger partial charge in [0, 0.05) is 24.2 Å². The molecule has 0 saturated carbocycles. The van der Waals surface area contributed by atoms with Crippen molar-refractivity contribution < 1.29 is 14.2 Å². The van der Waals surface area contributed by atoms with Crippen LogP contribution in [0.2, 0.25) is 0 Å². The van der Waals surface area contributed by atoms with Gasteiger partial charge >= 0.3 is 0 Å². The van der Waals surface area contributed by atoms with Crippen LogP contribution in [0.1, 0.15) is 36.9 Å². The molecule has 4 heteroatoms. The zero-order chi connectivity index (χ0) is 17.4. The average molecular weight is 329 g/mol. The van der Waals surface area contributed by atoms with E-state index in [1.165, 1.54) is 5.56 Å². The SMILES string of the molecule is CCCC(NCc1cc(OC)c(OC)cc1OC)c1ccccc1. The third kappa shape index (κ3) is 4.42. The Balaban J connectivity index is 2.19. The van der Waals surface area contributed by atoms with Crippen molar-refractivity contribution in [1.29, 1.82) is 0 Å². The molecule has 0 aliphatic rings. The molecule has 1 N–H and O–H groups in total. The number of rotatable bonds is 9. The highest BCUT2D eigenvalue weighted by atomic mass is 16.5. The summed E-state index contributed by atoms with van der Waals surface area (Å²) in [6.07, 6.45) is 2.20. The van der Waals surface area contributed by atoms with E-state index in [4.69, 9.17) is 14.2 Å². The van der Waals surface area contributed by atoms with Gasteiger partial charge in [0.25, 0.3) is 0 Å². The number of nitrogens with one attached hydrogen (secondary N) is 1. The standard InChI is InChI=1S/C20H27NO3/c1-5-9-17(15-10-7-6-8-11-15)21-14-16-12-19(23-3)20(24-4)13-18(16)22-2/h6-8,10-13,17,21H,5,9,14H2,1-4H3. The van der Waals surface area contributed by atoms with Gasteiger partial charge in [-0.15, -0.1) is 0 Å². The van der Waals surface area contributed by atoms with Gasteiger partial charge < -0.3 is 19.5 Å². The fourth-order valence-electron chi connectivity index (χ4n) is 2.82. The number of hydrogen-bond donors (Lipinski definition) is 1. The minimum atomic E-state index is 0.314. The number of methoxy groups -OCH3 is 3. The highest BCUT2D eigenvalue weighted by Crippen LogP contribution is 2.35. The molecule has 0 aromatic heterocycles. The van der Waals surface area contributed by atoms with E-state index in [-0.39, 0.29) is 0 Å². The van der Waals surface area contributed by atoms with E-state index >= 15 is 0 Å². The van der Waals surface area contributed by atoms with Gasteiger partial charge in [0.1, 0.15) is 5.75 Å². The topological polar surface area (TPSA) is 39.7 Å². The lowest BCUT2D eigenvalue weighted by molar-refractivity contribution is 0.346.